The van der Waals surface area contributed by atoms with E-state index in [2.05, 4.69) is 24.4 Å². The van der Waals surface area contributed by atoms with Crippen molar-refractivity contribution in [3.05, 3.63) is 100.0 Å². The maximum absolute atomic E-state index is 13.5. The maximum atomic E-state index is 13.5. The fourth-order valence-electron chi connectivity index (χ4n) is 3.80. The lowest BCUT2D eigenvalue weighted by Gasteiger charge is -2.31. The average molecular weight is 489 g/mol. The molecule has 0 atom stereocenters. The molecule has 0 radical (unpaired) electrons. The van der Waals surface area contributed by atoms with Crippen LogP contribution in [-0.2, 0) is 20.8 Å². The highest BCUT2D eigenvalue weighted by atomic mass is 32.2. The van der Waals surface area contributed by atoms with Gasteiger partial charge in [0.1, 0.15) is 0 Å². The largest absolute Gasteiger partial charge is 0.354 e. The zero-order valence-electron chi connectivity index (χ0n) is 20.0. The summed E-state index contributed by atoms with van der Waals surface area (Å²) in [5, 5.41) is 2.78. The maximum Gasteiger partial charge on any atom is 0.265 e. The van der Waals surface area contributed by atoms with Gasteiger partial charge in [-0.3, -0.25) is 9.59 Å². The minimum atomic E-state index is -0.497. The van der Waals surface area contributed by atoms with Crippen LogP contribution in [0.2, 0.25) is 0 Å². The molecule has 0 fully saturated rings. The average Bonchev–Trinajstić information content (AvgIpc) is 2.88. The van der Waals surface area contributed by atoms with Crippen molar-refractivity contribution < 1.29 is 19.1 Å². The number of methoxy groups -OCH3 is 2. The van der Waals surface area contributed by atoms with E-state index in [0.717, 1.165) is 27.3 Å². The van der Waals surface area contributed by atoms with Crippen molar-refractivity contribution in [1.82, 2.24) is 5.32 Å². The minimum Gasteiger partial charge on any atom is -0.354 e. The fraction of sp³-hybridized carbons (Fsp3) is 0.214. The summed E-state index contributed by atoms with van der Waals surface area (Å²) in [7, 11) is 3.04. The summed E-state index contributed by atoms with van der Waals surface area (Å²) in [6.45, 7) is 2.81. The molecule has 180 valence electrons. The summed E-state index contributed by atoms with van der Waals surface area (Å²) in [6.07, 6.45) is 1.38. The quantitative estimate of drug-likeness (QED) is 0.356. The van der Waals surface area contributed by atoms with E-state index in [4.69, 9.17) is 9.47 Å². The molecule has 0 aromatic heterocycles. The topological polar surface area (TPSA) is 67.9 Å². The van der Waals surface area contributed by atoms with Gasteiger partial charge in [0.05, 0.1) is 23.7 Å². The van der Waals surface area contributed by atoms with Crippen LogP contribution >= 0.6 is 11.8 Å². The first-order chi connectivity index (χ1) is 17.0. The van der Waals surface area contributed by atoms with Crippen molar-refractivity contribution in [2.24, 2.45) is 0 Å². The molecule has 0 saturated heterocycles. The minimum absolute atomic E-state index is 0.0380. The number of fused-ring (bicyclic) bond motifs is 1. The number of hydrogen-bond acceptors (Lipinski definition) is 5. The number of benzene rings is 3. The highest BCUT2D eigenvalue weighted by molar-refractivity contribution is 8.04. The van der Waals surface area contributed by atoms with Crippen molar-refractivity contribution in [3.63, 3.8) is 0 Å². The SMILES string of the molecule is COC(CNC(=O)c1ccc(/C=C2/Sc3ccccc3N(Cc3ccccc3C)C2=O)cc1)OC. The van der Waals surface area contributed by atoms with E-state index in [1.165, 1.54) is 26.0 Å². The smallest absolute Gasteiger partial charge is 0.265 e. The van der Waals surface area contributed by atoms with Gasteiger partial charge in [-0.05, 0) is 54.0 Å². The molecular weight excluding hydrogens is 460 g/mol. The van der Waals surface area contributed by atoms with Gasteiger partial charge in [0.15, 0.2) is 6.29 Å². The van der Waals surface area contributed by atoms with Gasteiger partial charge in [-0.25, -0.2) is 0 Å². The number of hydrogen-bond donors (Lipinski definition) is 1. The molecule has 6 nitrogen and oxygen atoms in total. The lowest BCUT2D eigenvalue weighted by Crippen LogP contribution is -2.34. The van der Waals surface area contributed by atoms with E-state index in [-0.39, 0.29) is 18.4 Å². The molecule has 35 heavy (non-hydrogen) atoms. The van der Waals surface area contributed by atoms with Crippen LogP contribution in [0, 0.1) is 6.92 Å². The third-order valence-corrected chi connectivity index (χ3v) is 6.92. The second kappa shape index (κ2) is 11.4. The molecule has 0 spiro atoms. The third-order valence-electron chi connectivity index (χ3n) is 5.85. The Balaban J connectivity index is 1.55. The lowest BCUT2D eigenvalue weighted by atomic mass is 10.1. The van der Waals surface area contributed by atoms with Gasteiger partial charge in [0.2, 0.25) is 0 Å². The summed E-state index contributed by atoms with van der Waals surface area (Å²) in [6, 6.07) is 23.2. The number of thioether (sulfide) groups is 1. The molecule has 0 aliphatic carbocycles. The molecule has 7 heteroatoms. The van der Waals surface area contributed by atoms with Gasteiger partial charge in [-0.2, -0.15) is 0 Å². The summed E-state index contributed by atoms with van der Waals surface area (Å²) < 4.78 is 10.2. The number of nitrogens with one attached hydrogen (secondary N) is 1. The summed E-state index contributed by atoms with van der Waals surface area (Å²) in [5.41, 5.74) is 4.55. The number of amides is 2. The molecule has 1 N–H and O–H groups in total. The van der Waals surface area contributed by atoms with Crippen molar-refractivity contribution >= 4 is 35.3 Å². The molecule has 0 unspecified atom stereocenters. The number of carbonyl (C=O) groups excluding carboxylic acids is 2. The number of anilines is 1. The molecule has 0 bridgehead atoms. The van der Waals surface area contributed by atoms with Gasteiger partial charge in [-0.15, -0.1) is 0 Å². The summed E-state index contributed by atoms with van der Waals surface area (Å²) in [5.74, 6) is -0.256. The second-order valence-corrected chi connectivity index (χ2v) is 9.21. The Morgan fingerprint density at radius 1 is 1.00 bits per heavy atom. The Labute approximate surface area is 209 Å². The molecule has 3 aromatic carbocycles. The molecule has 3 aromatic rings. The van der Waals surface area contributed by atoms with E-state index in [0.29, 0.717) is 17.0 Å². The van der Waals surface area contributed by atoms with Crippen molar-refractivity contribution in [2.75, 3.05) is 25.7 Å². The van der Waals surface area contributed by atoms with E-state index >= 15 is 0 Å². The Kier molecular flexibility index (Phi) is 8.02. The molecule has 0 saturated carbocycles. The monoisotopic (exact) mass is 488 g/mol. The number of ether oxygens (including phenoxy) is 2. The van der Waals surface area contributed by atoms with Gasteiger partial charge < -0.3 is 19.7 Å². The molecular formula is C28H28N2O4S. The van der Waals surface area contributed by atoms with Crippen molar-refractivity contribution in [3.8, 4) is 0 Å². The van der Waals surface area contributed by atoms with Crippen molar-refractivity contribution in [1.29, 1.82) is 0 Å². The number of carbonyl (C=O) groups is 2. The van der Waals surface area contributed by atoms with E-state index in [1.54, 1.807) is 12.1 Å². The molecule has 1 heterocycles. The number of para-hydroxylation sites is 1. The first-order valence-corrected chi connectivity index (χ1v) is 12.1. The summed E-state index contributed by atoms with van der Waals surface area (Å²) >= 11 is 1.47. The van der Waals surface area contributed by atoms with Crippen LogP contribution in [0.3, 0.4) is 0 Å². The number of nitrogens with zero attached hydrogens (tertiary/aromatic N) is 1. The molecule has 1 aliphatic heterocycles. The molecule has 1 aliphatic rings. The Hall–Kier alpha value is -3.39. The zero-order chi connectivity index (χ0) is 24.8. The predicted molar refractivity (Wildman–Crippen MR) is 139 cm³/mol. The Morgan fingerprint density at radius 2 is 1.69 bits per heavy atom. The fourth-order valence-corrected chi connectivity index (χ4v) is 4.86. The summed E-state index contributed by atoms with van der Waals surface area (Å²) in [4.78, 5) is 29.5. The highest BCUT2D eigenvalue weighted by Crippen LogP contribution is 2.42. The van der Waals surface area contributed by atoms with E-state index in [9.17, 15) is 9.59 Å². The van der Waals surface area contributed by atoms with Gasteiger partial charge in [0, 0.05) is 24.7 Å². The van der Waals surface area contributed by atoms with Crippen LogP contribution in [0.1, 0.15) is 27.0 Å². The normalized spacial score (nSPS) is 14.3. The van der Waals surface area contributed by atoms with Gasteiger partial charge in [-0.1, -0.05) is 60.3 Å². The van der Waals surface area contributed by atoms with Gasteiger partial charge >= 0.3 is 0 Å². The van der Waals surface area contributed by atoms with Gasteiger partial charge in [0.25, 0.3) is 11.8 Å². The standard InChI is InChI=1S/C28H28N2O4S/c1-19-8-4-5-9-22(19)18-30-23-10-6-7-11-24(23)35-25(28(30)32)16-20-12-14-21(15-13-20)27(31)29-17-26(33-2)34-3/h4-16,26H,17-18H2,1-3H3,(H,29,31)/b25-16+. The second-order valence-electron chi connectivity index (χ2n) is 8.13. The van der Waals surface area contributed by atoms with Crippen LogP contribution in [0.4, 0.5) is 5.69 Å². The predicted octanol–water partition coefficient (Wildman–Crippen LogP) is 5.02. The van der Waals surface area contributed by atoms with E-state index < -0.39 is 6.29 Å². The van der Waals surface area contributed by atoms with Crippen molar-refractivity contribution in [2.45, 2.75) is 24.7 Å². The van der Waals surface area contributed by atoms with Crippen LogP contribution in [-0.4, -0.2) is 38.9 Å². The van der Waals surface area contributed by atoms with Crippen LogP contribution in [0.15, 0.2) is 82.6 Å². The first-order valence-electron chi connectivity index (χ1n) is 11.3. The lowest BCUT2D eigenvalue weighted by molar-refractivity contribution is -0.114. The molecule has 4 rings (SSSR count). The van der Waals surface area contributed by atoms with E-state index in [1.807, 2.05) is 59.5 Å². The third kappa shape index (κ3) is 5.82. The highest BCUT2D eigenvalue weighted by Gasteiger charge is 2.29. The Morgan fingerprint density at radius 3 is 2.40 bits per heavy atom. The first kappa shape index (κ1) is 24.7. The zero-order valence-corrected chi connectivity index (χ0v) is 20.8. The van der Waals surface area contributed by atoms with Crippen LogP contribution in [0.5, 0.6) is 0 Å². The Bertz CT molecular complexity index is 1240. The number of aryl methyl sites for hydroxylation is 1. The van der Waals surface area contributed by atoms with Crippen LogP contribution in [0.25, 0.3) is 6.08 Å². The molecule has 2 amide bonds. The number of rotatable bonds is 8. The van der Waals surface area contributed by atoms with Crippen LogP contribution < -0.4 is 10.2 Å².